The molecule has 1 rings (SSSR count). The van der Waals surface area contributed by atoms with Crippen molar-refractivity contribution < 1.29 is 9.47 Å². The van der Waals surface area contributed by atoms with Gasteiger partial charge in [0.1, 0.15) is 0 Å². The highest BCUT2D eigenvalue weighted by Gasteiger charge is 2.15. The summed E-state index contributed by atoms with van der Waals surface area (Å²) in [5.74, 6) is 0.632. The third kappa shape index (κ3) is 6.88. The largest absolute Gasteiger partial charge is 0.381 e. The Balaban J connectivity index is 1.84. The lowest BCUT2D eigenvalue weighted by molar-refractivity contribution is 0.0904. The molecule has 0 amide bonds. The van der Waals surface area contributed by atoms with Crippen LogP contribution in [0.3, 0.4) is 0 Å². The van der Waals surface area contributed by atoms with Crippen LogP contribution < -0.4 is 5.32 Å². The van der Waals surface area contributed by atoms with E-state index in [1.165, 1.54) is 0 Å². The van der Waals surface area contributed by atoms with Crippen LogP contribution in [0.15, 0.2) is 0 Å². The summed E-state index contributed by atoms with van der Waals surface area (Å²) in [7, 11) is 0. The van der Waals surface area contributed by atoms with Crippen molar-refractivity contribution in [3.63, 3.8) is 0 Å². The minimum absolute atomic E-state index is 0.360. The van der Waals surface area contributed by atoms with E-state index in [0.29, 0.717) is 11.3 Å². The summed E-state index contributed by atoms with van der Waals surface area (Å²) < 4.78 is 10.9. The Labute approximate surface area is 93.5 Å². The molecule has 0 aromatic heterocycles. The minimum atomic E-state index is 0.360. The van der Waals surface area contributed by atoms with E-state index in [1.54, 1.807) is 0 Å². The van der Waals surface area contributed by atoms with E-state index >= 15 is 0 Å². The maximum Gasteiger partial charge on any atom is 0.0591 e. The average molecular weight is 215 g/mol. The molecule has 90 valence electrons. The van der Waals surface area contributed by atoms with Crippen LogP contribution >= 0.6 is 0 Å². The van der Waals surface area contributed by atoms with Crippen molar-refractivity contribution in [2.75, 3.05) is 39.5 Å². The molecule has 0 saturated carbocycles. The highest BCUT2D eigenvalue weighted by molar-refractivity contribution is 4.65. The molecule has 0 spiro atoms. The molecule has 3 nitrogen and oxygen atoms in total. The van der Waals surface area contributed by atoms with E-state index in [4.69, 9.17) is 9.47 Å². The van der Waals surface area contributed by atoms with Gasteiger partial charge in [-0.25, -0.2) is 0 Å². The molecule has 1 saturated heterocycles. The highest BCUT2D eigenvalue weighted by Crippen LogP contribution is 2.12. The molecule has 15 heavy (non-hydrogen) atoms. The first-order valence-corrected chi connectivity index (χ1v) is 5.94. The lowest BCUT2D eigenvalue weighted by atomic mass is 9.97. The van der Waals surface area contributed by atoms with Crippen LogP contribution in [0.2, 0.25) is 0 Å². The SMILES string of the molecule is CC(C)(C)CNCCOCC1CCOC1. The number of ether oxygens (including phenoxy) is 2. The van der Waals surface area contributed by atoms with Crippen LogP contribution in [0.25, 0.3) is 0 Å². The smallest absolute Gasteiger partial charge is 0.0591 e. The van der Waals surface area contributed by atoms with Gasteiger partial charge in [-0.05, 0) is 11.8 Å². The van der Waals surface area contributed by atoms with Gasteiger partial charge in [0.25, 0.3) is 0 Å². The summed E-state index contributed by atoms with van der Waals surface area (Å²) in [4.78, 5) is 0. The van der Waals surface area contributed by atoms with Crippen LogP contribution in [0.4, 0.5) is 0 Å². The van der Waals surface area contributed by atoms with Crippen LogP contribution in [-0.4, -0.2) is 39.5 Å². The third-order valence-electron chi connectivity index (χ3n) is 2.46. The first-order chi connectivity index (χ1) is 7.08. The standard InChI is InChI=1S/C12H25NO2/c1-12(2,3)10-13-5-7-15-9-11-4-6-14-8-11/h11,13H,4-10H2,1-3H3. The Kier molecular flexibility index (Phi) is 5.58. The quantitative estimate of drug-likeness (QED) is 0.684. The zero-order chi connectivity index (χ0) is 11.1. The van der Waals surface area contributed by atoms with Crippen molar-refractivity contribution in [1.82, 2.24) is 5.32 Å². The van der Waals surface area contributed by atoms with Gasteiger partial charge in [-0.3, -0.25) is 0 Å². The summed E-state index contributed by atoms with van der Waals surface area (Å²) >= 11 is 0. The lowest BCUT2D eigenvalue weighted by Gasteiger charge is -2.18. The molecule has 1 N–H and O–H groups in total. The molecule has 1 aliphatic heterocycles. The molecule has 1 atom stereocenters. The third-order valence-corrected chi connectivity index (χ3v) is 2.46. The van der Waals surface area contributed by atoms with Gasteiger partial charge < -0.3 is 14.8 Å². The molecule has 1 fully saturated rings. The molecule has 1 heterocycles. The monoisotopic (exact) mass is 215 g/mol. The zero-order valence-electron chi connectivity index (χ0n) is 10.3. The second-order valence-electron chi connectivity index (χ2n) is 5.54. The minimum Gasteiger partial charge on any atom is -0.381 e. The van der Waals surface area contributed by atoms with Gasteiger partial charge in [0.2, 0.25) is 0 Å². The van der Waals surface area contributed by atoms with Crippen molar-refractivity contribution in [3.8, 4) is 0 Å². The van der Waals surface area contributed by atoms with Crippen molar-refractivity contribution in [2.45, 2.75) is 27.2 Å². The molecule has 3 heteroatoms. The first kappa shape index (κ1) is 12.9. The topological polar surface area (TPSA) is 30.5 Å². The zero-order valence-corrected chi connectivity index (χ0v) is 10.3. The highest BCUT2D eigenvalue weighted by atomic mass is 16.5. The molecule has 1 aliphatic rings. The first-order valence-electron chi connectivity index (χ1n) is 5.94. The molecular weight excluding hydrogens is 190 g/mol. The predicted molar refractivity (Wildman–Crippen MR) is 62.1 cm³/mol. The number of hydrogen-bond donors (Lipinski definition) is 1. The maximum atomic E-state index is 5.59. The molecule has 0 bridgehead atoms. The second-order valence-corrected chi connectivity index (χ2v) is 5.54. The van der Waals surface area contributed by atoms with E-state index in [1.807, 2.05) is 0 Å². The Morgan fingerprint density at radius 2 is 2.20 bits per heavy atom. The van der Waals surface area contributed by atoms with E-state index in [0.717, 1.165) is 45.9 Å². The molecule has 0 aliphatic carbocycles. The van der Waals surface area contributed by atoms with Crippen molar-refractivity contribution in [1.29, 1.82) is 0 Å². The van der Waals surface area contributed by atoms with Gasteiger partial charge in [0.15, 0.2) is 0 Å². The van der Waals surface area contributed by atoms with Gasteiger partial charge in [0, 0.05) is 25.6 Å². The van der Waals surface area contributed by atoms with Crippen molar-refractivity contribution in [2.24, 2.45) is 11.3 Å². The fourth-order valence-corrected chi connectivity index (χ4v) is 1.57. The lowest BCUT2D eigenvalue weighted by Crippen LogP contribution is -2.30. The molecular formula is C12H25NO2. The normalized spacial score (nSPS) is 22.2. The van der Waals surface area contributed by atoms with Crippen LogP contribution in [0.1, 0.15) is 27.2 Å². The van der Waals surface area contributed by atoms with Gasteiger partial charge in [-0.15, -0.1) is 0 Å². The van der Waals surface area contributed by atoms with E-state index < -0.39 is 0 Å². The molecule has 1 unspecified atom stereocenters. The Hall–Kier alpha value is -0.120. The Bertz CT molecular complexity index is 159. The van der Waals surface area contributed by atoms with E-state index in [9.17, 15) is 0 Å². The van der Waals surface area contributed by atoms with Crippen LogP contribution in [0, 0.1) is 11.3 Å². The fourth-order valence-electron chi connectivity index (χ4n) is 1.57. The van der Waals surface area contributed by atoms with Crippen molar-refractivity contribution in [3.05, 3.63) is 0 Å². The predicted octanol–water partition coefficient (Wildman–Crippen LogP) is 1.68. The van der Waals surface area contributed by atoms with Gasteiger partial charge in [-0.1, -0.05) is 20.8 Å². The molecule has 0 aromatic rings. The van der Waals surface area contributed by atoms with Crippen molar-refractivity contribution >= 4 is 0 Å². The fraction of sp³-hybridized carbons (Fsp3) is 1.00. The average Bonchev–Trinajstić information content (AvgIpc) is 2.61. The Morgan fingerprint density at radius 1 is 1.40 bits per heavy atom. The molecule has 0 aromatic carbocycles. The van der Waals surface area contributed by atoms with Crippen LogP contribution in [-0.2, 0) is 9.47 Å². The number of nitrogens with one attached hydrogen (secondary N) is 1. The summed E-state index contributed by atoms with van der Waals surface area (Å²) in [5.41, 5.74) is 0.360. The van der Waals surface area contributed by atoms with Crippen LogP contribution in [0.5, 0.6) is 0 Å². The van der Waals surface area contributed by atoms with Gasteiger partial charge in [-0.2, -0.15) is 0 Å². The number of hydrogen-bond acceptors (Lipinski definition) is 3. The van der Waals surface area contributed by atoms with Gasteiger partial charge >= 0.3 is 0 Å². The summed E-state index contributed by atoms with van der Waals surface area (Å²) in [6, 6.07) is 0. The Morgan fingerprint density at radius 3 is 2.80 bits per heavy atom. The maximum absolute atomic E-state index is 5.59. The van der Waals surface area contributed by atoms with E-state index in [2.05, 4.69) is 26.1 Å². The number of rotatable bonds is 6. The molecule has 0 radical (unpaired) electrons. The van der Waals surface area contributed by atoms with E-state index in [-0.39, 0.29) is 0 Å². The van der Waals surface area contributed by atoms with Gasteiger partial charge in [0.05, 0.1) is 19.8 Å². The summed E-state index contributed by atoms with van der Waals surface area (Å²) in [6.07, 6.45) is 1.16. The summed E-state index contributed by atoms with van der Waals surface area (Å²) in [5, 5.41) is 3.39. The summed E-state index contributed by atoms with van der Waals surface area (Å²) in [6.45, 7) is 12.2. The second kappa shape index (κ2) is 6.46.